The molecule has 0 spiro atoms. The molecule has 15 heavy (non-hydrogen) atoms. The van der Waals surface area contributed by atoms with E-state index in [9.17, 15) is 8.42 Å². The standard InChI is InChI=1S/C9H19N3O2S/c1-5-9(6-2,7-10)12-15(13,14)11-8(3)4/h8,11-12H,5-6H2,1-4H3. The Balaban J connectivity index is 4.77. The fraction of sp³-hybridized carbons (Fsp3) is 0.889. The third-order valence-corrected chi connectivity index (χ3v) is 3.58. The van der Waals surface area contributed by atoms with E-state index in [1.807, 2.05) is 6.07 Å². The molecule has 0 aliphatic heterocycles. The summed E-state index contributed by atoms with van der Waals surface area (Å²) in [5.41, 5.74) is -0.999. The molecule has 0 aliphatic rings. The van der Waals surface area contributed by atoms with Gasteiger partial charge < -0.3 is 0 Å². The Labute approximate surface area is 92.0 Å². The molecular formula is C9H19N3O2S. The van der Waals surface area contributed by atoms with Crippen molar-refractivity contribution in [2.75, 3.05) is 0 Å². The summed E-state index contributed by atoms with van der Waals surface area (Å²) in [5.74, 6) is 0. The quantitative estimate of drug-likeness (QED) is 0.715. The Kier molecular flexibility index (Phi) is 5.21. The van der Waals surface area contributed by atoms with Crippen LogP contribution in [0.2, 0.25) is 0 Å². The van der Waals surface area contributed by atoms with Gasteiger partial charge in [0.05, 0.1) is 6.07 Å². The molecule has 88 valence electrons. The SMILES string of the molecule is CCC(C#N)(CC)NS(=O)(=O)NC(C)C. The van der Waals surface area contributed by atoms with E-state index in [4.69, 9.17) is 5.26 Å². The fourth-order valence-electron chi connectivity index (χ4n) is 1.17. The van der Waals surface area contributed by atoms with Crippen LogP contribution in [0.5, 0.6) is 0 Å². The molecule has 0 aromatic heterocycles. The zero-order valence-electron chi connectivity index (χ0n) is 9.66. The predicted molar refractivity (Wildman–Crippen MR) is 59.3 cm³/mol. The van der Waals surface area contributed by atoms with Crippen LogP contribution in [0.4, 0.5) is 0 Å². The average Bonchev–Trinajstić information content (AvgIpc) is 2.12. The fourth-order valence-corrected chi connectivity index (χ4v) is 2.70. The van der Waals surface area contributed by atoms with E-state index in [0.717, 1.165) is 0 Å². The number of nitrogens with zero attached hydrogens (tertiary/aromatic N) is 1. The molecule has 2 N–H and O–H groups in total. The third kappa shape index (κ3) is 4.60. The van der Waals surface area contributed by atoms with Gasteiger partial charge in [0.2, 0.25) is 0 Å². The van der Waals surface area contributed by atoms with Crippen LogP contribution in [0.3, 0.4) is 0 Å². The van der Waals surface area contributed by atoms with Gasteiger partial charge in [-0.05, 0) is 26.7 Å². The molecule has 0 atom stereocenters. The largest absolute Gasteiger partial charge is 0.278 e. The van der Waals surface area contributed by atoms with Gasteiger partial charge >= 0.3 is 0 Å². The zero-order chi connectivity index (χ0) is 12.1. The van der Waals surface area contributed by atoms with Gasteiger partial charge in [-0.2, -0.15) is 23.1 Å². The van der Waals surface area contributed by atoms with Gasteiger partial charge in [-0.3, -0.25) is 0 Å². The molecule has 0 amide bonds. The molecule has 0 bridgehead atoms. The molecule has 0 aromatic rings. The molecular weight excluding hydrogens is 214 g/mol. The zero-order valence-corrected chi connectivity index (χ0v) is 10.5. The van der Waals surface area contributed by atoms with Crippen LogP contribution in [0.1, 0.15) is 40.5 Å². The maximum absolute atomic E-state index is 11.6. The second-order valence-electron chi connectivity index (χ2n) is 3.78. The normalized spacial score (nSPS) is 12.8. The Morgan fingerprint density at radius 2 is 1.80 bits per heavy atom. The lowest BCUT2D eigenvalue weighted by Gasteiger charge is -2.25. The minimum atomic E-state index is -3.60. The Hall–Kier alpha value is -0.640. The monoisotopic (exact) mass is 233 g/mol. The summed E-state index contributed by atoms with van der Waals surface area (Å²) in [5, 5.41) is 8.97. The van der Waals surface area contributed by atoms with Crippen molar-refractivity contribution in [2.45, 2.75) is 52.1 Å². The van der Waals surface area contributed by atoms with Gasteiger partial charge in [0.25, 0.3) is 10.2 Å². The number of rotatable bonds is 6. The molecule has 0 saturated heterocycles. The van der Waals surface area contributed by atoms with E-state index in [-0.39, 0.29) is 6.04 Å². The summed E-state index contributed by atoms with van der Waals surface area (Å²) < 4.78 is 27.9. The molecule has 0 aromatic carbocycles. The summed E-state index contributed by atoms with van der Waals surface area (Å²) in [6.45, 7) is 7.02. The summed E-state index contributed by atoms with van der Waals surface area (Å²) in [4.78, 5) is 0. The van der Waals surface area contributed by atoms with Crippen molar-refractivity contribution >= 4 is 10.2 Å². The lowest BCUT2D eigenvalue weighted by molar-refractivity contribution is 0.439. The first-order valence-corrected chi connectivity index (χ1v) is 6.51. The summed E-state index contributed by atoms with van der Waals surface area (Å²) in [7, 11) is -3.60. The molecule has 5 nitrogen and oxygen atoms in total. The van der Waals surface area contributed by atoms with Crippen molar-refractivity contribution in [1.82, 2.24) is 9.44 Å². The van der Waals surface area contributed by atoms with Crippen molar-refractivity contribution in [3.63, 3.8) is 0 Å². The first-order valence-electron chi connectivity index (χ1n) is 5.03. The van der Waals surface area contributed by atoms with Crippen LogP contribution in [0.25, 0.3) is 0 Å². The van der Waals surface area contributed by atoms with Crippen molar-refractivity contribution in [1.29, 1.82) is 5.26 Å². The van der Waals surface area contributed by atoms with E-state index < -0.39 is 15.7 Å². The highest BCUT2D eigenvalue weighted by Gasteiger charge is 2.31. The molecule has 0 aliphatic carbocycles. The summed E-state index contributed by atoms with van der Waals surface area (Å²) in [6.07, 6.45) is 0.887. The maximum atomic E-state index is 11.6. The van der Waals surface area contributed by atoms with E-state index in [1.54, 1.807) is 27.7 Å². The maximum Gasteiger partial charge on any atom is 0.278 e. The lowest BCUT2D eigenvalue weighted by Crippen LogP contribution is -2.52. The van der Waals surface area contributed by atoms with Crippen LogP contribution >= 0.6 is 0 Å². The highest BCUT2D eigenvalue weighted by Crippen LogP contribution is 2.14. The highest BCUT2D eigenvalue weighted by atomic mass is 32.2. The van der Waals surface area contributed by atoms with Gasteiger partial charge in [-0.25, -0.2) is 0 Å². The predicted octanol–water partition coefficient (Wildman–Crippen LogP) is 0.901. The second kappa shape index (κ2) is 5.45. The van der Waals surface area contributed by atoms with Gasteiger partial charge in [0.1, 0.15) is 5.54 Å². The number of hydrogen-bond donors (Lipinski definition) is 2. The average molecular weight is 233 g/mol. The van der Waals surface area contributed by atoms with Crippen molar-refractivity contribution in [3.8, 4) is 6.07 Å². The smallest absolute Gasteiger partial charge is 0.200 e. The van der Waals surface area contributed by atoms with Crippen LogP contribution < -0.4 is 9.44 Å². The van der Waals surface area contributed by atoms with Gasteiger partial charge in [0.15, 0.2) is 0 Å². The van der Waals surface area contributed by atoms with Gasteiger partial charge in [-0.15, -0.1) is 0 Å². The highest BCUT2D eigenvalue weighted by molar-refractivity contribution is 7.87. The molecule has 0 rings (SSSR count). The summed E-state index contributed by atoms with van der Waals surface area (Å²) >= 11 is 0. The first-order chi connectivity index (χ1) is 6.81. The number of nitrogens with one attached hydrogen (secondary N) is 2. The van der Waals surface area contributed by atoms with Crippen molar-refractivity contribution in [2.24, 2.45) is 0 Å². The summed E-state index contributed by atoms with van der Waals surface area (Å²) in [6, 6.07) is 1.83. The van der Waals surface area contributed by atoms with Gasteiger partial charge in [0, 0.05) is 6.04 Å². The Bertz CT molecular complexity index is 326. The Morgan fingerprint density at radius 1 is 1.33 bits per heavy atom. The Morgan fingerprint density at radius 3 is 2.07 bits per heavy atom. The van der Waals surface area contributed by atoms with Crippen LogP contribution in [-0.2, 0) is 10.2 Å². The molecule has 0 saturated carbocycles. The minimum Gasteiger partial charge on any atom is -0.200 e. The first kappa shape index (κ1) is 14.4. The molecule has 6 heteroatoms. The number of nitriles is 1. The number of hydrogen-bond acceptors (Lipinski definition) is 3. The van der Waals surface area contributed by atoms with Crippen LogP contribution in [-0.4, -0.2) is 20.0 Å². The van der Waals surface area contributed by atoms with E-state index in [1.165, 1.54) is 0 Å². The molecule has 0 heterocycles. The third-order valence-electron chi connectivity index (χ3n) is 2.14. The van der Waals surface area contributed by atoms with E-state index >= 15 is 0 Å². The second-order valence-corrected chi connectivity index (χ2v) is 5.23. The van der Waals surface area contributed by atoms with Crippen LogP contribution in [0.15, 0.2) is 0 Å². The van der Waals surface area contributed by atoms with Crippen molar-refractivity contribution < 1.29 is 8.42 Å². The van der Waals surface area contributed by atoms with Crippen molar-refractivity contribution in [3.05, 3.63) is 0 Å². The topological polar surface area (TPSA) is 82.0 Å². The van der Waals surface area contributed by atoms with E-state index in [0.29, 0.717) is 12.8 Å². The molecule has 0 unspecified atom stereocenters. The van der Waals surface area contributed by atoms with Crippen LogP contribution in [0, 0.1) is 11.3 Å². The lowest BCUT2D eigenvalue weighted by atomic mass is 9.97. The van der Waals surface area contributed by atoms with E-state index in [2.05, 4.69) is 9.44 Å². The molecule has 0 radical (unpaired) electrons. The minimum absolute atomic E-state index is 0.187. The van der Waals surface area contributed by atoms with Gasteiger partial charge in [-0.1, -0.05) is 13.8 Å². The molecule has 0 fully saturated rings.